The number of hydrogen-bond acceptors (Lipinski definition) is 3. The lowest BCUT2D eigenvalue weighted by atomic mass is 10.0. The first-order chi connectivity index (χ1) is 10.1. The van der Waals surface area contributed by atoms with Crippen LogP contribution in [0.15, 0.2) is 10.9 Å². The number of esters is 1. The van der Waals surface area contributed by atoms with Crippen molar-refractivity contribution >= 4 is 5.97 Å². The SMILES string of the molecule is CCOC(=O)c1c(C)cc(=O)n(C2CCCCCC2)c1C. The minimum atomic E-state index is -0.324. The van der Waals surface area contributed by atoms with Gasteiger partial charge in [0.05, 0.1) is 12.2 Å². The van der Waals surface area contributed by atoms with Crippen LogP contribution in [0, 0.1) is 13.8 Å². The summed E-state index contributed by atoms with van der Waals surface area (Å²) >= 11 is 0. The van der Waals surface area contributed by atoms with Gasteiger partial charge in [-0.25, -0.2) is 4.79 Å². The maximum atomic E-state index is 12.4. The van der Waals surface area contributed by atoms with E-state index in [9.17, 15) is 9.59 Å². The molecule has 0 bridgehead atoms. The number of aromatic nitrogens is 1. The van der Waals surface area contributed by atoms with E-state index < -0.39 is 0 Å². The fraction of sp³-hybridized carbons (Fsp3) is 0.647. The van der Waals surface area contributed by atoms with E-state index >= 15 is 0 Å². The predicted octanol–water partition coefficient (Wildman–Crippen LogP) is 3.54. The average Bonchev–Trinajstić information content (AvgIpc) is 2.67. The molecule has 0 spiro atoms. The molecule has 0 amide bonds. The second-order valence-electron chi connectivity index (χ2n) is 5.86. The van der Waals surface area contributed by atoms with Gasteiger partial charge in [0.15, 0.2) is 0 Å². The minimum absolute atomic E-state index is 0.00458. The number of carbonyl (C=O) groups excluding carboxylic acids is 1. The Kier molecular flexibility index (Phi) is 5.21. The second-order valence-corrected chi connectivity index (χ2v) is 5.86. The molecule has 1 fully saturated rings. The molecule has 4 nitrogen and oxygen atoms in total. The van der Waals surface area contributed by atoms with Crippen molar-refractivity contribution in [1.82, 2.24) is 4.57 Å². The van der Waals surface area contributed by atoms with Gasteiger partial charge in [0.2, 0.25) is 0 Å². The van der Waals surface area contributed by atoms with E-state index in [0.717, 1.165) is 31.4 Å². The maximum absolute atomic E-state index is 12.4. The van der Waals surface area contributed by atoms with Gasteiger partial charge in [-0.1, -0.05) is 25.7 Å². The summed E-state index contributed by atoms with van der Waals surface area (Å²) in [6.07, 6.45) is 6.82. The highest BCUT2D eigenvalue weighted by atomic mass is 16.5. The fourth-order valence-electron chi connectivity index (χ4n) is 3.38. The quantitative estimate of drug-likeness (QED) is 0.632. The van der Waals surface area contributed by atoms with Crippen molar-refractivity contribution in [3.63, 3.8) is 0 Å². The molecular formula is C17H25NO3. The number of nitrogens with zero attached hydrogens (tertiary/aromatic N) is 1. The molecule has 2 rings (SSSR count). The molecule has 1 aliphatic carbocycles. The molecule has 0 atom stereocenters. The van der Waals surface area contributed by atoms with Crippen LogP contribution in [0.5, 0.6) is 0 Å². The van der Waals surface area contributed by atoms with Gasteiger partial charge in [-0.15, -0.1) is 0 Å². The standard InChI is InChI=1S/C17H25NO3/c1-4-21-17(20)16-12(2)11-15(19)18(13(16)3)14-9-7-5-6-8-10-14/h11,14H,4-10H2,1-3H3. The highest BCUT2D eigenvalue weighted by Crippen LogP contribution is 2.28. The van der Waals surface area contributed by atoms with Crippen molar-refractivity contribution in [3.05, 3.63) is 33.2 Å². The summed E-state index contributed by atoms with van der Waals surface area (Å²) in [6.45, 7) is 5.81. The van der Waals surface area contributed by atoms with E-state index in [2.05, 4.69) is 0 Å². The summed E-state index contributed by atoms with van der Waals surface area (Å²) in [4.78, 5) is 24.6. The van der Waals surface area contributed by atoms with E-state index in [-0.39, 0.29) is 17.6 Å². The molecule has 0 unspecified atom stereocenters. The third-order valence-electron chi connectivity index (χ3n) is 4.36. The van der Waals surface area contributed by atoms with E-state index in [4.69, 9.17) is 4.74 Å². The summed E-state index contributed by atoms with van der Waals surface area (Å²) in [5, 5.41) is 0. The molecule has 116 valence electrons. The lowest BCUT2D eigenvalue weighted by Crippen LogP contribution is -2.29. The van der Waals surface area contributed by atoms with Crippen molar-refractivity contribution in [2.24, 2.45) is 0 Å². The highest BCUT2D eigenvalue weighted by Gasteiger charge is 2.22. The summed E-state index contributed by atoms with van der Waals surface area (Å²) in [5.41, 5.74) is 2.02. The van der Waals surface area contributed by atoms with Crippen LogP contribution in [-0.2, 0) is 4.74 Å². The molecule has 1 aromatic heterocycles. The Bertz CT molecular complexity index is 566. The Hall–Kier alpha value is -1.58. The van der Waals surface area contributed by atoms with Gasteiger partial charge < -0.3 is 9.30 Å². The van der Waals surface area contributed by atoms with Crippen molar-refractivity contribution in [2.75, 3.05) is 6.61 Å². The molecule has 21 heavy (non-hydrogen) atoms. The zero-order valence-electron chi connectivity index (χ0n) is 13.3. The summed E-state index contributed by atoms with van der Waals surface area (Å²) in [5.74, 6) is -0.324. The molecule has 0 radical (unpaired) electrons. The number of aryl methyl sites for hydroxylation is 1. The van der Waals surface area contributed by atoms with E-state index in [1.54, 1.807) is 19.9 Å². The summed E-state index contributed by atoms with van der Waals surface area (Å²) in [7, 11) is 0. The van der Waals surface area contributed by atoms with Crippen LogP contribution in [0.4, 0.5) is 0 Å². The van der Waals surface area contributed by atoms with Gasteiger partial charge in [0.25, 0.3) is 5.56 Å². The molecule has 1 heterocycles. The Labute approximate surface area is 126 Å². The number of carbonyl (C=O) groups is 1. The van der Waals surface area contributed by atoms with Crippen LogP contribution in [0.2, 0.25) is 0 Å². The van der Waals surface area contributed by atoms with E-state index in [1.807, 2.05) is 11.5 Å². The lowest BCUT2D eigenvalue weighted by molar-refractivity contribution is 0.0523. The van der Waals surface area contributed by atoms with Gasteiger partial charge in [0.1, 0.15) is 0 Å². The monoisotopic (exact) mass is 291 g/mol. The zero-order valence-corrected chi connectivity index (χ0v) is 13.3. The number of pyridine rings is 1. The van der Waals surface area contributed by atoms with Crippen molar-refractivity contribution in [1.29, 1.82) is 0 Å². The Morgan fingerprint density at radius 3 is 2.43 bits per heavy atom. The van der Waals surface area contributed by atoms with Crippen molar-refractivity contribution < 1.29 is 9.53 Å². The molecule has 0 N–H and O–H groups in total. The average molecular weight is 291 g/mol. The molecule has 4 heteroatoms. The maximum Gasteiger partial charge on any atom is 0.340 e. The van der Waals surface area contributed by atoms with Crippen LogP contribution < -0.4 is 5.56 Å². The van der Waals surface area contributed by atoms with Crippen LogP contribution in [0.1, 0.15) is 73.1 Å². The number of ether oxygens (including phenoxy) is 1. The topological polar surface area (TPSA) is 48.3 Å². The molecular weight excluding hydrogens is 266 g/mol. The van der Waals surface area contributed by atoms with E-state index in [0.29, 0.717) is 17.7 Å². The van der Waals surface area contributed by atoms with Gasteiger partial charge in [-0.2, -0.15) is 0 Å². The summed E-state index contributed by atoms with van der Waals surface area (Å²) in [6, 6.07) is 1.79. The second kappa shape index (κ2) is 6.92. The Morgan fingerprint density at radius 2 is 1.86 bits per heavy atom. The molecule has 0 aromatic carbocycles. The van der Waals surface area contributed by atoms with Gasteiger partial charge in [-0.3, -0.25) is 4.79 Å². The number of hydrogen-bond donors (Lipinski definition) is 0. The van der Waals surface area contributed by atoms with Crippen molar-refractivity contribution in [2.45, 2.75) is 65.3 Å². The third kappa shape index (κ3) is 3.36. The Morgan fingerprint density at radius 1 is 1.24 bits per heavy atom. The van der Waals surface area contributed by atoms with Gasteiger partial charge in [-0.05, 0) is 39.2 Å². The first kappa shape index (κ1) is 15.8. The van der Waals surface area contributed by atoms with E-state index in [1.165, 1.54) is 12.8 Å². The van der Waals surface area contributed by atoms with Gasteiger partial charge in [0, 0.05) is 17.8 Å². The summed E-state index contributed by atoms with van der Waals surface area (Å²) < 4.78 is 6.97. The first-order valence-corrected chi connectivity index (χ1v) is 7.96. The van der Waals surface area contributed by atoms with Crippen LogP contribution in [0.25, 0.3) is 0 Å². The van der Waals surface area contributed by atoms with Crippen LogP contribution >= 0.6 is 0 Å². The Balaban J connectivity index is 2.47. The smallest absolute Gasteiger partial charge is 0.340 e. The predicted molar refractivity (Wildman–Crippen MR) is 82.9 cm³/mol. The largest absolute Gasteiger partial charge is 0.462 e. The fourth-order valence-corrected chi connectivity index (χ4v) is 3.38. The van der Waals surface area contributed by atoms with Crippen LogP contribution in [0.3, 0.4) is 0 Å². The van der Waals surface area contributed by atoms with Gasteiger partial charge >= 0.3 is 5.97 Å². The highest BCUT2D eigenvalue weighted by molar-refractivity contribution is 5.92. The van der Waals surface area contributed by atoms with Crippen molar-refractivity contribution in [3.8, 4) is 0 Å². The molecule has 1 aliphatic rings. The zero-order chi connectivity index (χ0) is 15.4. The molecule has 1 aromatic rings. The normalized spacial score (nSPS) is 16.5. The third-order valence-corrected chi connectivity index (χ3v) is 4.36. The number of rotatable bonds is 3. The molecule has 1 saturated carbocycles. The first-order valence-electron chi connectivity index (χ1n) is 7.96. The molecule has 0 aliphatic heterocycles. The minimum Gasteiger partial charge on any atom is -0.462 e. The lowest BCUT2D eigenvalue weighted by Gasteiger charge is -2.23. The van der Waals surface area contributed by atoms with Crippen LogP contribution in [-0.4, -0.2) is 17.1 Å². The molecule has 0 saturated heterocycles.